The standard InChI is InChI=1S/C29H28F2O3/c1-3-5-6-7-20-10-14-26-22(16-20)17-23-18-24(11-15-27(23)26)29(30,31)34-25-12-8-21(9-13-25)19-33-28(32)4-2/h4,8-16,18H,2-3,5-7,17,19H2,1H3. The van der Waals surface area contributed by atoms with Gasteiger partial charge in [0.05, 0.1) is 5.56 Å². The van der Waals surface area contributed by atoms with E-state index in [2.05, 4.69) is 31.7 Å². The summed E-state index contributed by atoms with van der Waals surface area (Å²) in [4.78, 5) is 11.2. The molecule has 5 heteroatoms. The van der Waals surface area contributed by atoms with Crippen molar-refractivity contribution in [2.45, 2.75) is 51.7 Å². The molecule has 176 valence electrons. The Morgan fingerprint density at radius 3 is 2.35 bits per heavy atom. The van der Waals surface area contributed by atoms with Crippen LogP contribution in [0.25, 0.3) is 11.1 Å². The van der Waals surface area contributed by atoms with Crippen LogP contribution in [0.4, 0.5) is 8.78 Å². The van der Waals surface area contributed by atoms with Crippen molar-refractivity contribution in [1.82, 2.24) is 0 Å². The lowest BCUT2D eigenvalue weighted by Crippen LogP contribution is -2.22. The van der Waals surface area contributed by atoms with E-state index in [9.17, 15) is 13.6 Å². The maximum atomic E-state index is 15.0. The molecule has 0 saturated carbocycles. The fraction of sp³-hybridized carbons (Fsp3) is 0.276. The second kappa shape index (κ2) is 10.2. The fourth-order valence-electron chi connectivity index (χ4n) is 4.25. The Morgan fingerprint density at radius 2 is 1.65 bits per heavy atom. The van der Waals surface area contributed by atoms with Gasteiger partial charge in [0.2, 0.25) is 0 Å². The largest absolute Gasteiger partial charge is 0.458 e. The first kappa shape index (κ1) is 23.7. The Morgan fingerprint density at radius 1 is 0.971 bits per heavy atom. The third kappa shape index (κ3) is 5.36. The number of aryl methyl sites for hydroxylation is 1. The van der Waals surface area contributed by atoms with Gasteiger partial charge in [-0.2, -0.15) is 8.78 Å². The molecule has 4 rings (SSSR count). The van der Waals surface area contributed by atoms with E-state index in [0.29, 0.717) is 12.0 Å². The SMILES string of the molecule is C=CC(=O)OCc1ccc(OC(F)(F)c2ccc3c(c2)Cc2cc(CCCCC)ccc2-3)cc1. The van der Waals surface area contributed by atoms with Gasteiger partial charge in [-0.3, -0.25) is 0 Å². The van der Waals surface area contributed by atoms with Crippen LogP contribution in [-0.2, 0) is 35.1 Å². The van der Waals surface area contributed by atoms with E-state index in [1.807, 2.05) is 0 Å². The molecule has 3 aromatic carbocycles. The lowest BCUT2D eigenvalue weighted by Gasteiger charge is -2.19. The van der Waals surface area contributed by atoms with Gasteiger partial charge < -0.3 is 9.47 Å². The normalized spacial score (nSPS) is 12.1. The zero-order chi connectivity index (χ0) is 24.1. The molecule has 0 amide bonds. The summed E-state index contributed by atoms with van der Waals surface area (Å²) in [5.74, 6) is -0.511. The average Bonchev–Trinajstić information content (AvgIpc) is 3.20. The molecule has 0 unspecified atom stereocenters. The summed E-state index contributed by atoms with van der Waals surface area (Å²) in [7, 11) is 0. The molecule has 0 N–H and O–H groups in total. The van der Waals surface area contributed by atoms with Gasteiger partial charge in [-0.15, -0.1) is 0 Å². The molecule has 3 aromatic rings. The van der Waals surface area contributed by atoms with Gasteiger partial charge in [0.15, 0.2) is 0 Å². The fourth-order valence-corrected chi connectivity index (χ4v) is 4.25. The monoisotopic (exact) mass is 462 g/mol. The van der Waals surface area contributed by atoms with E-state index in [0.717, 1.165) is 35.6 Å². The van der Waals surface area contributed by atoms with Crippen LogP contribution in [0.1, 0.15) is 54.0 Å². The molecular formula is C29H28F2O3. The minimum atomic E-state index is -3.48. The van der Waals surface area contributed by atoms with Gasteiger partial charge in [-0.25, -0.2) is 4.79 Å². The number of carbonyl (C=O) groups is 1. The van der Waals surface area contributed by atoms with Crippen molar-refractivity contribution >= 4 is 5.97 Å². The van der Waals surface area contributed by atoms with Gasteiger partial charge >= 0.3 is 12.1 Å². The van der Waals surface area contributed by atoms with Gasteiger partial charge in [0.25, 0.3) is 0 Å². The maximum absolute atomic E-state index is 15.0. The van der Waals surface area contributed by atoms with E-state index < -0.39 is 12.1 Å². The van der Waals surface area contributed by atoms with Gasteiger partial charge in [0, 0.05) is 6.08 Å². The Balaban J connectivity index is 1.45. The number of hydrogen-bond acceptors (Lipinski definition) is 3. The van der Waals surface area contributed by atoms with Crippen molar-refractivity contribution in [2.24, 2.45) is 0 Å². The Bertz CT molecular complexity index is 1180. The molecule has 0 bridgehead atoms. The molecule has 1 aliphatic rings. The van der Waals surface area contributed by atoms with Crippen LogP contribution in [-0.4, -0.2) is 5.97 Å². The lowest BCUT2D eigenvalue weighted by molar-refractivity contribution is -0.185. The Hall–Kier alpha value is -3.47. The highest BCUT2D eigenvalue weighted by Gasteiger charge is 2.36. The Kier molecular flexibility index (Phi) is 7.11. The van der Waals surface area contributed by atoms with Gasteiger partial charge in [-0.1, -0.05) is 62.7 Å². The highest BCUT2D eigenvalue weighted by atomic mass is 19.3. The van der Waals surface area contributed by atoms with Crippen molar-refractivity contribution in [1.29, 1.82) is 0 Å². The highest BCUT2D eigenvalue weighted by molar-refractivity contribution is 5.81. The first-order valence-electron chi connectivity index (χ1n) is 11.6. The molecule has 0 atom stereocenters. The Labute approximate surface area is 199 Å². The van der Waals surface area contributed by atoms with E-state index in [4.69, 9.17) is 9.47 Å². The zero-order valence-corrected chi connectivity index (χ0v) is 19.3. The zero-order valence-electron chi connectivity index (χ0n) is 19.3. The minimum Gasteiger partial charge on any atom is -0.458 e. The smallest absolute Gasteiger partial charge is 0.426 e. The number of unbranched alkanes of at least 4 members (excludes halogenated alkanes) is 2. The molecule has 34 heavy (non-hydrogen) atoms. The predicted molar refractivity (Wildman–Crippen MR) is 129 cm³/mol. The minimum absolute atomic E-state index is 0.0318. The van der Waals surface area contributed by atoms with Crippen LogP contribution in [0.5, 0.6) is 5.75 Å². The molecule has 0 heterocycles. The quantitative estimate of drug-likeness (QED) is 0.140. The number of benzene rings is 3. The van der Waals surface area contributed by atoms with E-state index in [1.54, 1.807) is 24.3 Å². The third-order valence-corrected chi connectivity index (χ3v) is 6.07. The van der Waals surface area contributed by atoms with Crippen molar-refractivity contribution in [2.75, 3.05) is 0 Å². The van der Waals surface area contributed by atoms with Crippen molar-refractivity contribution < 1.29 is 23.0 Å². The number of alkyl halides is 2. The van der Waals surface area contributed by atoms with Crippen molar-refractivity contribution in [3.8, 4) is 16.9 Å². The number of esters is 1. The van der Waals surface area contributed by atoms with E-state index >= 15 is 0 Å². The van der Waals surface area contributed by atoms with E-state index in [-0.39, 0.29) is 17.9 Å². The first-order valence-corrected chi connectivity index (χ1v) is 11.6. The number of rotatable bonds is 10. The third-order valence-electron chi connectivity index (χ3n) is 6.07. The van der Waals surface area contributed by atoms with E-state index in [1.165, 1.54) is 42.2 Å². The van der Waals surface area contributed by atoms with Crippen LogP contribution in [0.3, 0.4) is 0 Å². The first-order chi connectivity index (χ1) is 16.4. The molecule has 3 nitrogen and oxygen atoms in total. The average molecular weight is 463 g/mol. The summed E-state index contributed by atoms with van der Waals surface area (Å²) < 4.78 is 39.9. The number of fused-ring (bicyclic) bond motifs is 3. The maximum Gasteiger partial charge on any atom is 0.426 e. The topological polar surface area (TPSA) is 35.5 Å². The van der Waals surface area contributed by atoms with Gasteiger partial charge in [-0.05, 0) is 76.9 Å². The van der Waals surface area contributed by atoms with Crippen LogP contribution < -0.4 is 4.74 Å². The number of ether oxygens (including phenoxy) is 2. The molecule has 0 radical (unpaired) electrons. The summed E-state index contributed by atoms with van der Waals surface area (Å²) in [6.07, 6.45) is 2.84. The molecule has 1 aliphatic carbocycles. The number of hydrogen-bond donors (Lipinski definition) is 0. The summed E-state index contributed by atoms with van der Waals surface area (Å²) in [5, 5.41) is 0. The van der Waals surface area contributed by atoms with Crippen molar-refractivity contribution in [3.63, 3.8) is 0 Å². The number of carbonyl (C=O) groups excluding carboxylic acids is 1. The van der Waals surface area contributed by atoms with Crippen LogP contribution >= 0.6 is 0 Å². The highest BCUT2D eigenvalue weighted by Crippen LogP contribution is 2.40. The second-order valence-corrected chi connectivity index (χ2v) is 8.57. The molecule has 0 aliphatic heterocycles. The summed E-state index contributed by atoms with van der Waals surface area (Å²) in [5.41, 5.74) is 6.00. The lowest BCUT2D eigenvalue weighted by atomic mass is 10.00. The van der Waals surface area contributed by atoms with Crippen molar-refractivity contribution in [3.05, 3.63) is 101 Å². The summed E-state index contributed by atoms with van der Waals surface area (Å²) in [6, 6.07) is 17.3. The predicted octanol–water partition coefficient (Wildman–Crippen LogP) is 7.35. The molecular weight excluding hydrogens is 434 g/mol. The molecule has 0 spiro atoms. The summed E-state index contributed by atoms with van der Waals surface area (Å²) in [6.45, 7) is 5.55. The van der Waals surface area contributed by atoms with Crippen LogP contribution in [0.15, 0.2) is 73.3 Å². The molecule has 0 saturated heterocycles. The van der Waals surface area contributed by atoms with Gasteiger partial charge in [0.1, 0.15) is 12.4 Å². The molecule has 0 fully saturated rings. The molecule has 0 aromatic heterocycles. The summed E-state index contributed by atoms with van der Waals surface area (Å²) >= 11 is 0. The number of halogens is 2. The van der Waals surface area contributed by atoms with Crippen LogP contribution in [0.2, 0.25) is 0 Å². The van der Waals surface area contributed by atoms with Crippen LogP contribution in [0, 0.1) is 0 Å². The second-order valence-electron chi connectivity index (χ2n) is 8.57.